The summed E-state index contributed by atoms with van der Waals surface area (Å²) in [7, 11) is 1.30. The van der Waals surface area contributed by atoms with Gasteiger partial charge in [0.25, 0.3) is 5.91 Å². The molecule has 0 radical (unpaired) electrons. The van der Waals surface area contributed by atoms with Crippen LogP contribution in [0.5, 0.6) is 5.75 Å². The summed E-state index contributed by atoms with van der Waals surface area (Å²) in [6.45, 7) is 14.1. The van der Waals surface area contributed by atoms with Gasteiger partial charge in [0.2, 0.25) is 5.43 Å². The van der Waals surface area contributed by atoms with Crippen molar-refractivity contribution in [2.75, 3.05) is 7.11 Å². The van der Waals surface area contributed by atoms with Crippen LogP contribution in [0.15, 0.2) is 63.3 Å². The topological polar surface area (TPSA) is 157 Å². The van der Waals surface area contributed by atoms with E-state index in [9.17, 15) is 38.3 Å². The van der Waals surface area contributed by atoms with E-state index < -0.39 is 40.8 Å². The number of carbonyl (C=O) groups excluding carboxylic acids is 4. The van der Waals surface area contributed by atoms with Crippen LogP contribution < -0.4 is 15.5 Å². The maximum atomic E-state index is 15.1. The lowest BCUT2D eigenvalue weighted by atomic mass is 9.46. The van der Waals surface area contributed by atoms with Gasteiger partial charge in [-0.2, -0.15) is 0 Å². The van der Waals surface area contributed by atoms with Crippen LogP contribution in [0.1, 0.15) is 179 Å². The predicted molar refractivity (Wildman–Crippen MR) is 288 cm³/mol. The lowest BCUT2D eigenvalue weighted by Gasteiger charge is -2.58. The number of hydrogen-bond donors (Lipinski definition) is 2. The number of nitrogens with one attached hydrogen (secondary N) is 1. The van der Waals surface area contributed by atoms with Crippen molar-refractivity contribution < 1.29 is 47.0 Å². The Kier molecular flexibility index (Phi) is 17.4. The lowest BCUT2D eigenvalue weighted by Crippen LogP contribution is -2.50. The number of benzene rings is 3. The molecule has 404 valence electrons. The number of ketones is 3. The van der Waals surface area contributed by atoms with E-state index in [1.807, 2.05) is 0 Å². The van der Waals surface area contributed by atoms with Crippen LogP contribution in [0.25, 0.3) is 33.4 Å². The van der Waals surface area contributed by atoms with Crippen LogP contribution >= 0.6 is 0 Å². The number of fused-ring (bicyclic) bond motifs is 7. The summed E-state index contributed by atoms with van der Waals surface area (Å²) in [5.41, 5.74) is 3.29. The van der Waals surface area contributed by atoms with Crippen molar-refractivity contribution in [1.82, 2.24) is 5.32 Å². The maximum absolute atomic E-state index is 15.1. The molecule has 10 nitrogen and oxygen atoms in total. The number of ether oxygens (including phenoxy) is 1. The largest absolute Gasteiger partial charge is 0.494 e. The Morgan fingerprint density at radius 2 is 1.56 bits per heavy atom. The first-order valence-corrected chi connectivity index (χ1v) is 28.0. The molecule has 6 aliphatic rings. The highest BCUT2D eigenvalue weighted by Gasteiger charge is 2.59. The van der Waals surface area contributed by atoms with Crippen LogP contribution in [0.3, 0.4) is 0 Å². The van der Waals surface area contributed by atoms with E-state index in [0.29, 0.717) is 47.3 Å². The fourth-order valence-corrected chi connectivity index (χ4v) is 14.8. The van der Waals surface area contributed by atoms with Crippen molar-refractivity contribution in [3.63, 3.8) is 0 Å². The normalized spacial score (nSPS) is 25.0. The van der Waals surface area contributed by atoms with E-state index >= 15 is 4.39 Å². The Labute approximate surface area is 441 Å². The van der Waals surface area contributed by atoms with Crippen molar-refractivity contribution in [1.29, 1.82) is 0 Å². The highest BCUT2D eigenvalue weighted by atomic mass is 19.1. The summed E-state index contributed by atoms with van der Waals surface area (Å²) >= 11 is 0. The first-order chi connectivity index (χ1) is 35.7. The van der Waals surface area contributed by atoms with Crippen molar-refractivity contribution in [2.45, 2.75) is 176 Å². The van der Waals surface area contributed by atoms with Crippen molar-refractivity contribution in [3.8, 4) is 28.2 Å². The zero-order chi connectivity index (χ0) is 53.9. The molecule has 0 bridgehead atoms. The van der Waals surface area contributed by atoms with E-state index in [-0.39, 0.29) is 89.1 Å². The Morgan fingerprint density at radius 1 is 0.813 bits per heavy atom. The highest BCUT2D eigenvalue weighted by molar-refractivity contribution is 6.04. The van der Waals surface area contributed by atoms with Gasteiger partial charge in [0.05, 0.1) is 13.2 Å². The molecule has 2 aromatic rings. The number of aryl methyl sites for hydroxylation is 1. The molecule has 12 heteroatoms. The Hall–Kier alpha value is -5.52. The second-order valence-electron chi connectivity index (χ2n) is 24.1. The Balaban J connectivity index is 0.805. The van der Waals surface area contributed by atoms with Crippen LogP contribution in [-0.4, -0.2) is 47.5 Å². The van der Waals surface area contributed by atoms with E-state index in [0.717, 1.165) is 66.9 Å². The summed E-state index contributed by atoms with van der Waals surface area (Å²) < 4.78 is 40.9. The van der Waals surface area contributed by atoms with Gasteiger partial charge in [0.15, 0.2) is 23.2 Å². The standard InChI is InChI=1S/C63H79F2NO9/c1-36(2)11-8-12-37(3)48-21-22-49-45-20-18-41-30-39(25-27-62(41,5)50(45)26-28-63(48,49)6)31-43(68)15-9-13-42(67)14-10-16-54(69)53(23-24-59(71)72)66-61(73)40-17-19-44(38(4)29-40)60-46-32-51(64)55(70)34-56(46)75-57-35-58(74-7)52(65)33-47(57)60/h17-19,29,32-37,39,45,48-50,53H,8-16,20-28,30-31H2,1-7H3,(H,66,73)(H,71,72)/t37-,39+,45-,48?,49+,50?,53+,62?,63?/m1/s1. The minimum absolute atomic E-state index is 0.0453. The Morgan fingerprint density at radius 3 is 2.28 bits per heavy atom. The number of rotatable bonds is 23. The molecule has 4 unspecified atom stereocenters. The molecule has 2 N–H and O–H groups in total. The fourth-order valence-electron chi connectivity index (χ4n) is 14.8. The van der Waals surface area contributed by atoms with Crippen LogP contribution in [0.2, 0.25) is 0 Å². The number of carboxylic acids is 1. The second-order valence-corrected chi connectivity index (χ2v) is 24.1. The van der Waals surface area contributed by atoms with Gasteiger partial charge in [0, 0.05) is 72.7 Å². The number of Topliss-reactive ketones (excluding diaryl/α,β-unsaturated/α-hetero) is 3. The molecule has 8 rings (SSSR count). The zero-order valence-corrected chi connectivity index (χ0v) is 45.3. The second kappa shape index (κ2) is 23.4. The SMILES string of the molecule is COc1cc2oc3cc(=O)c(F)cc-3c(-c3ccc(C(=O)N[C@@H](CCC(=O)O)C(=O)CCCC(=O)CCCC(=O)C[C@H]4CCC5(C)C(=CC[C@H]6C5CCC5(C)C([C@H](C)CCCC(C)C)CC[C@@H]65)C4)cc3C)c2cc1F. The van der Waals surface area contributed by atoms with Gasteiger partial charge in [-0.25, -0.2) is 8.78 Å². The number of allylic oxidation sites excluding steroid dienone is 2. The molecule has 2 aromatic carbocycles. The van der Waals surface area contributed by atoms with Crippen molar-refractivity contribution >= 4 is 40.2 Å². The molecule has 9 atom stereocenters. The molecular formula is C63H79F2NO9. The number of amides is 1. The van der Waals surface area contributed by atoms with Crippen molar-refractivity contribution in [3.05, 3.63) is 87.1 Å². The minimum Gasteiger partial charge on any atom is -0.494 e. The fraction of sp³-hybridized carbons (Fsp3) is 0.587. The third-order valence-corrected chi connectivity index (χ3v) is 18.9. The molecule has 1 heterocycles. The molecule has 0 aromatic heterocycles. The summed E-state index contributed by atoms with van der Waals surface area (Å²) in [6.07, 6.45) is 17.9. The number of hydrogen-bond acceptors (Lipinski definition) is 8. The predicted octanol–water partition coefficient (Wildman–Crippen LogP) is 14.2. The van der Waals surface area contributed by atoms with E-state index in [1.165, 1.54) is 76.7 Å². The number of aliphatic carboxylic acids is 1. The summed E-state index contributed by atoms with van der Waals surface area (Å²) in [4.78, 5) is 77.4. The summed E-state index contributed by atoms with van der Waals surface area (Å²) in [6, 6.07) is 8.06. The van der Waals surface area contributed by atoms with Gasteiger partial charge in [-0.1, -0.05) is 71.6 Å². The van der Waals surface area contributed by atoms with E-state index in [2.05, 4.69) is 46.0 Å². The smallest absolute Gasteiger partial charge is 0.303 e. The third-order valence-electron chi connectivity index (χ3n) is 18.9. The minimum atomic E-state index is -1.14. The van der Waals surface area contributed by atoms with Gasteiger partial charge in [-0.15, -0.1) is 0 Å². The average molecular weight is 1030 g/mol. The molecule has 3 fully saturated rings. The third kappa shape index (κ3) is 12.1. The quantitative estimate of drug-likeness (QED) is 0.0545. The van der Waals surface area contributed by atoms with Gasteiger partial charge >= 0.3 is 5.97 Å². The van der Waals surface area contributed by atoms with E-state index in [4.69, 9.17) is 9.15 Å². The van der Waals surface area contributed by atoms with Gasteiger partial charge in [-0.3, -0.25) is 28.8 Å². The zero-order valence-electron chi connectivity index (χ0n) is 45.3. The van der Waals surface area contributed by atoms with E-state index in [1.54, 1.807) is 24.6 Å². The number of carboxylic acid groups (broad SMARTS) is 1. The molecule has 0 saturated heterocycles. The van der Waals surface area contributed by atoms with Gasteiger partial charge < -0.3 is 19.6 Å². The highest BCUT2D eigenvalue weighted by Crippen LogP contribution is 2.67. The van der Waals surface area contributed by atoms with Crippen LogP contribution in [0, 0.1) is 70.8 Å². The lowest BCUT2D eigenvalue weighted by molar-refractivity contribution is -0.137. The average Bonchev–Trinajstić information content (AvgIpc) is 3.75. The molecule has 1 amide bonds. The molecule has 0 spiro atoms. The first-order valence-electron chi connectivity index (χ1n) is 28.0. The molecule has 5 aliphatic carbocycles. The molecule has 75 heavy (non-hydrogen) atoms. The van der Waals surface area contributed by atoms with Crippen molar-refractivity contribution in [2.24, 2.45) is 52.3 Å². The molecular weight excluding hydrogens is 953 g/mol. The Bertz CT molecular complexity index is 2870. The summed E-state index contributed by atoms with van der Waals surface area (Å²) in [5, 5.41) is 12.4. The van der Waals surface area contributed by atoms with Gasteiger partial charge in [-0.05, 0) is 165 Å². The summed E-state index contributed by atoms with van der Waals surface area (Å²) in [5.74, 6) is 1.33. The maximum Gasteiger partial charge on any atom is 0.303 e. The van der Waals surface area contributed by atoms with Crippen LogP contribution in [0.4, 0.5) is 8.78 Å². The molecule has 1 aliphatic heterocycles. The number of carbonyl (C=O) groups is 5. The first kappa shape index (κ1) is 55.7. The number of halogens is 2. The number of methoxy groups -OCH3 is 1. The monoisotopic (exact) mass is 1030 g/mol. The molecule has 3 saturated carbocycles. The van der Waals surface area contributed by atoms with Crippen LogP contribution in [-0.2, 0) is 19.2 Å². The van der Waals surface area contributed by atoms with Gasteiger partial charge in [0.1, 0.15) is 22.9 Å².